The van der Waals surface area contributed by atoms with Crippen molar-refractivity contribution in [2.24, 2.45) is 5.92 Å². The standard InChI is InChI=1S/C15H21NO4S/c1-11-9-13(5-6-14(11)15(17)18)10-16-21(19,20)8-7-12-3-2-4-12/h5-6,9,12,16H,2-4,7-8,10H2,1H3,(H,17,18). The van der Waals surface area contributed by atoms with Crippen LogP contribution < -0.4 is 4.72 Å². The van der Waals surface area contributed by atoms with E-state index in [2.05, 4.69) is 4.72 Å². The van der Waals surface area contributed by atoms with Gasteiger partial charge in [0, 0.05) is 6.54 Å². The van der Waals surface area contributed by atoms with Gasteiger partial charge in [-0.2, -0.15) is 0 Å². The zero-order valence-corrected chi connectivity index (χ0v) is 12.9. The van der Waals surface area contributed by atoms with Crippen LogP contribution in [0.1, 0.15) is 47.2 Å². The van der Waals surface area contributed by atoms with Gasteiger partial charge in [0.05, 0.1) is 11.3 Å². The predicted octanol–water partition coefficient (Wildman–Crippen LogP) is 2.30. The highest BCUT2D eigenvalue weighted by molar-refractivity contribution is 7.89. The normalized spacial score (nSPS) is 15.7. The van der Waals surface area contributed by atoms with Gasteiger partial charge in [0.15, 0.2) is 0 Å². The maximum Gasteiger partial charge on any atom is 0.335 e. The Balaban J connectivity index is 1.89. The first-order valence-corrected chi connectivity index (χ1v) is 8.83. The molecule has 1 fully saturated rings. The molecule has 1 aromatic carbocycles. The molecule has 116 valence electrons. The Hall–Kier alpha value is -1.40. The van der Waals surface area contributed by atoms with Gasteiger partial charge in [-0.3, -0.25) is 0 Å². The van der Waals surface area contributed by atoms with Crippen molar-refractivity contribution >= 4 is 16.0 Å². The number of hydrogen-bond acceptors (Lipinski definition) is 3. The van der Waals surface area contributed by atoms with Gasteiger partial charge in [-0.25, -0.2) is 17.9 Å². The predicted molar refractivity (Wildman–Crippen MR) is 80.7 cm³/mol. The molecule has 2 N–H and O–H groups in total. The minimum atomic E-state index is -3.26. The van der Waals surface area contributed by atoms with Gasteiger partial charge >= 0.3 is 5.97 Å². The second kappa shape index (κ2) is 6.58. The fourth-order valence-electron chi connectivity index (χ4n) is 2.44. The van der Waals surface area contributed by atoms with Crippen LogP contribution >= 0.6 is 0 Å². The van der Waals surface area contributed by atoms with E-state index in [0.29, 0.717) is 11.5 Å². The zero-order valence-electron chi connectivity index (χ0n) is 12.1. The van der Waals surface area contributed by atoms with E-state index in [4.69, 9.17) is 5.11 Å². The van der Waals surface area contributed by atoms with Crippen LogP contribution in [0.15, 0.2) is 18.2 Å². The van der Waals surface area contributed by atoms with E-state index < -0.39 is 16.0 Å². The molecule has 0 bridgehead atoms. The summed E-state index contributed by atoms with van der Waals surface area (Å²) in [7, 11) is -3.26. The Bertz CT molecular complexity index is 621. The van der Waals surface area contributed by atoms with Crippen molar-refractivity contribution in [1.29, 1.82) is 0 Å². The van der Waals surface area contributed by atoms with Crippen molar-refractivity contribution in [1.82, 2.24) is 4.72 Å². The molecule has 0 aliphatic heterocycles. The second-order valence-corrected chi connectivity index (χ2v) is 7.61. The number of rotatable bonds is 7. The van der Waals surface area contributed by atoms with Gasteiger partial charge in [0.1, 0.15) is 0 Å². The average Bonchev–Trinajstić information content (AvgIpc) is 2.34. The monoisotopic (exact) mass is 311 g/mol. The van der Waals surface area contributed by atoms with Crippen LogP contribution in [0.4, 0.5) is 0 Å². The molecule has 5 nitrogen and oxygen atoms in total. The van der Waals surface area contributed by atoms with E-state index in [-0.39, 0.29) is 17.9 Å². The number of aryl methyl sites for hydroxylation is 1. The summed E-state index contributed by atoms with van der Waals surface area (Å²) in [5.41, 5.74) is 1.64. The first-order chi connectivity index (χ1) is 9.87. The summed E-state index contributed by atoms with van der Waals surface area (Å²) in [5.74, 6) is -0.233. The molecular weight excluding hydrogens is 290 g/mol. The first kappa shape index (κ1) is 16.0. The molecule has 0 unspecified atom stereocenters. The van der Waals surface area contributed by atoms with Crippen molar-refractivity contribution in [2.45, 2.75) is 39.2 Å². The van der Waals surface area contributed by atoms with Crippen molar-refractivity contribution < 1.29 is 18.3 Å². The lowest BCUT2D eigenvalue weighted by Gasteiger charge is -2.24. The van der Waals surface area contributed by atoms with Crippen molar-refractivity contribution in [3.63, 3.8) is 0 Å². The summed E-state index contributed by atoms with van der Waals surface area (Å²) in [6, 6.07) is 4.86. The molecule has 21 heavy (non-hydrogen) atoms. The minimum absolute atomic E-state index is 0.170. The van der Waals surface area contributed by atoms with Crippen LogP contribution in [0.3, 0.4) is 0 Å². The number of carboxylic acid groups (broad SMARTS) is 1. The number of hydrogen-bond donors (Lipinski definition) is 2. The summed E-state index contributed by atoms with van der Waals surface area (Å²) in [4.78, 5) is 10.9. The fraction of sp³-hybridized carbons (Fsp3) is 0.533. The van der Waals surface area contributed by atoms with Crippen molar-refractivity contribution in [3.8, 4) is 0 Å². The van der Waals surface area contributed by atoms with E-state index >= 15 is 0 Å². The summed E-state index contributed by atoms with van der Waals surface area (Å²) in [5, 5.41) is 8.95. The molecule has 6 heteroatoms. The van der Waals surface area contributed by atoms with E-state index in [1.807, 2.05) is 0 Å². The van der Waals surface area contributed by atoms with Gasteiger partial charge in [-0.05, 0) is 36.5 Å². The Labute approximate surface area is 125 Å². The largest absolute Gasteiger partial charge is 0.478 e. The third kappa shape index (κ3) is 4.54. The molecule has 0 atom stereocenters. The molecule has 0 radical (unpaired) electrons. The zero-order chi connectivity index (χ0) is 15.5. The minimum Gasteiger partial charge on any atom is -0.478 e. The first-order valence-electron chi connectivity index (χ1n) is 7.17. The lowest BCUT2D eigenvalue weighted by atomic mass is 9.84. The van der Waals surface area contributed by atoms with Crippen LogP contribution in [0.2, 0.25) is 0 Å². The summed E-state index contributed by atoms with van der Waals surface area (Å²) < 4.78 is 26.4. The topological polar surface area (TPSA) is 83.5 Å². The molecule has 1 aromatic rings. The van der Waals surface area contributed by atoms with Gasteiger partial charge in [0.2, 0.25) is 10.0 Å². The Morgan fingerprint density at radius 3 is 2.62 bits per heavy atom. The molecule has 0 aromatic heterocycles. The number of aromatic carboxylic acids is 1. The lowest BCUT2D eigenvalue weighted by molar-refractivity contribution is 0.0696. The maximum atomic E-state index is 11.9. The highest BCUT2D eigenvalue weighted by Crippen LogP contribution is 2.29. The van der Waals surface area contributed by atoms with Gasteiger partial charge in [-0.1, -0.05) is 31.4 Å². The van der Waals surface area contributed by atoms with E-state index in [9.17, 15) is 13.2 Å². The highest BCUT2D eigenvalue weighted by atomic mass is 32.2. The van der Waals surface area contributed by atoms with Gasteiger partial charge < -0.3 is 5.11 Å². The molecule has 0 heterocycles. The Kier molecular flexibility index (Phi) is 5.00. The van der Waals surface area contributed by atoms with E-state index in [0.717, 1.165) is 24.8 Å². The fourth-order valence-corrected chi connectivity index (χ4v) is 3.62. The number of benzene rings is 1. The smallest absolute Gasteiger partial charge is 0.335 e. The maximum absolute atomic E-state index is 11.9. The number of carboxylic acids is 1. The van der Waals surface area contributed by atoms with Gasteiger partial charge in [-0.15, -0.1) is 0 Å². The molecule has 2 rings (SSSR count). The number of sulfonamides is 1. The third-order valence-corrected chi connectivity index (χ3v) is 5.39. The lowest BCUT2D eigenvalue weighted by Crippen LogP contribution is -2.28. The van der Waals surface area contributed by atoms with Crippen LogP contribution in [0.25, 0.3) is 0 Å². The third-order valence-electron chi connectivity index (χ3n) is 4.04. The second-order valence-electron chi connectivity index (χ2n) is 5.68. The molecule has 1 aliphatic carbocycles. The molecule has 0 saturated heterocycles. The van der Waals surface area contributed by atoms with Crippen LogP contribution in [-0.4, -0.2) is 25.2 Å². The van der Waals surface area contributed by atoms with Gasteiger partial charge in [0.25, 0.3) is 0 Å². The van der Waals surface area contributed by atoms with Crippen LogP contribution in [0, 0.1) is 12.8 Å². The van der Waals surface area contributed by atoms with E-state index in [1.54, 1.807) is 19.1 Å². The molecular formula is C15H21NO4S. The van der Waals surface area contributed by atoms with Crippen LogP contribution in [-0.2, 0) is 16.6 Å². The molecule has 1 saturated carbocycles. The highest BCUT2D eigenvalue weighted by Gasteiger charge is 2.20. The summed E-state index contributed by atoms with van der Waals surface area (Å²) >= 11 is 0. The Morgan fingerprint density at radius 2 is 2.10 bits per heavy atom. The average molecular weight is 311 g/mol. The molecule has 0 amide bonds. The number of carbonyl (C=O) groups is 1. The molecule has 0 spiro atoms. The van der Waals surface area contributed by atoms with Crippen molar-refractivity contribution in [2.75, 3.05) is 5.75 Å². The summed E-state index contributed by atoms with van der Waals surface area (Å²) in [6.45, 7) is 1.91. The van der Waals surface area contributed by atoms with Crippen LogP contribution in [0.5, 0.6) is 0 Å². The molecule has 1 aliphatic rings. The SMILES string of the molecule is Cc1cc(CNS(=O)(=O)CCC2CCC2)ccc1C(=O)O. The quantitative estimate of drug-likeness (QED) is 0.809. The summed E-state index contributed by atoms with van der Waals surface area (Å²) in [6.07, 6.45) is 4.23. The number of nitrogens with one attached hydrogen (secondary N) is 1. The van der Waals surface area contributed by atoms with E-state index in [1.165, 1.54) is 12.5 Å². The Morgan fingerprint density at radius 1 is 1.38 bits per heavy atom. The van der Waals surface area contributed by atoms with Crippen molar-refractivity contribution in [3.05, 3.63) is 34.9 Å².